The summed E-state index contributed by atoms with van der Waals surface area (Å²) in [5, 5.41) is 5.09. The number of benzene rings is 1. The molecule has 0 bridgehead atoms. The lowest BCUT2D eigenvalue weighted by Crippen LogP contribution is -2.45. The Morgan fingerprint density at radius 1 is 1.14 bits per heavy atom. The van der Waals surface area contributed by atoms with Crippen molar-refractivity contribution in [1.29, 1.82) is 0 Å². The minimum atomic E-state index is -3.83. The van der Waals surface area contributed by atoms with Crippen LogP contribution < -0.4 is 5.32 Å². The van der Waals surface area contributed by atoms with Gasteiger partial charge in [-0.15, -0.1) is 11.3 Å². The molecule has 1 aromatic carbocycles. The van der Waals surface area contributed by atoms with Crippen LogP contribution in [0.5, 0.6) is 0 Å². The van der Waals surface area contributed by atoms with E-state index in [1.807, 2.05) is 17.5 Å². The highest BCUT2D eigenvalue weighted by molar-refractivity contribution is 7.89. The van der Waals surface area contributed by atoms with Crippen LogP contribution in [0.4, 0.5) is 0 Å². The van der Waals surface area contributed by atoms with E-state index >= 15 is 0 Å². The van der Waals surface area contributed by atoms with Gasteiger partial charge in [0, 0.05) is 23.5 Å². The zero-order valence-electron chi connectivity index (χ0n) is 15.6. The minimum absolute atomic E-state index is 0.0453. The van der Waals surface area contributed by atoms with Gasteiger partial charge in [-0.3, -0.25) is 9.59 Å². The Kier molecular flexibility index (Phi) is 7.99. The van der Waals surface area contributed by atoms with Gasteiger partial charge >= 0.3 is 0 Å². The molecule has 10 heteroatoms. The van der Waals surface area contributed by atoms with E-state index in [9.17, 15) is 18.0 Å². The maximum absolute atomic E-state index is 12.6. The molecule has 0 aliphatic heterocycles. The lowest BCUT2D eigenvalue weighted by Gasteiger charge is -2.23. The van der Waals surface area contributed by atoms with Gasteiger partial charge in [0.15, 0.2) is 0 Å². The van der Waals surface area contributed by atoms with E-state index in [0.717, 1.165) is 9.18 Å². The van der Waals surface area contributed by atoms with E-state index in [0.29, 0.717) is 18.1 Å². The monoisotopic (exact) mass is 443 g/mol. The summed E-state index contributed by atoms with van der Waals surface area (Å²) in [4.78, 5) is 27.0. The Morgan fingerprint density at radius 3 is 2.39 bits per heavy atom. The molecule has 152 valence electrons. The molecule has 0 radical (unpaired) electrons. The predicted molar refractivity (Wildman–Crippen MR) is 110 cm³/mol. The van der Waals surface area contributed by atoms with Crippen molar-refractivity contribution in [2.75, 3.05) is 26.7 Å². The molecule has 0 aliphatic carbocycles. The van der Waals surface area contributed by atoms with Crippen molar-refractivity contribution in [2.24, 2.45) is 0 Å². The maximum Gasteiger partial charge on any atom is 0.243 e. The molecule has 28 heavy (non-hydrogen) atoms. The first-order valence-electron chi connectivity index (χ1n) is 8.52. The van der Waals surface area contributed by atoms with Gasteiger partial charge in [0.2, 0.25) is 21.8 Å². The number of carbonyl (C=O) groups excluding carboxylic acids is 2. The summed E-state index contributed by atoms with van der Waals surface area (Å²) in [5.74, 6) is -0.749. The van der Waals surface area contributed by atoms with Crippen LogP contribution in [-0.2, 0) is 26.2 Å². The maximum atomic E-state index is 12.6. The standard InChI is InChI=1S/C18H22ClN3O4S2/c1-3-22(12-17(23)20-11-15-5-4-10-27-15)18(24)13-21(2)28(25,26)16-8-6-14(19)7-9-16/h4-10H,3,11-13H2,1-2H3,(H,20,23). The average molecular weight is 444 g/mol. The second-order valence-corrected chi connectivity index (χ2v) is 9.49. The SMILES string of the molecule is CCN(CC(=O)NCc1cccs1)C(=O)CN(C)S(=O)(=O)c1ccc(Cl)cc1. The molecule has 0 spiro atoms. The van der Waals surface area contributed by atoms with Crippen molar-refractivity contribution >= 4 is 44.8 Å². The van der Waals surface area contributed by atoms with Crippen molar-refractivity contribution in [3.63, 3.8) is 0 Å². The highest BCUT2D eigenvalue weighted by Gasteiger charge is 2.25. The van der Waals surface area contributed by atoms with E-state index in [-0.39, 0.29) is 23.9 Å². The van der Waals surface area contributed by atoms with Crippen LogP contribution in [0.25, 0.3) is 0 Å². The quantitative estimate of drug-likeness (QED) is 0.643. The number of hydrogen-bond donors (Lipinski definition) is 1. The number of hydrogen-bond acceptors (Lipinski definition) is 5. The highest BCUT2D eigenvalue weighted by atomic mass is 35.5. The first kappa shape index (κ1) is 22.4. The molecule has 0 aliphatic rings. The second-order valence-electron chi connectivity index (χ2n) is 5.98. The van der Waals surface area contributed by atoms with Crippen LogP contribution >= 0.6 is 22.9 Å². The van der Waals surface area contributed by atoms with Gasteiger partial charge in [-0.2, -0.15) is 4.31 Å². The van der Waals surface area contributed by atoms with Gasteiger partial charge in [0.05, 0.1) is 24.5 Å². The smallest absolute Gasteiger partial charge is 0.243 e. The number of rotatable bonds is 9. The number of amides is 2. The van der Waals surface area contributed by atoms with Crippen LogP contribution in [0.15, 0.2) is 46.7 Å². The fraction of sp³-hybridized carbons (Fsp3) is 0.333. The Hall–Kier alpha value is -1.94. The van der Waals surface area contributed by atoms with Gasteiger partial charge in [-0.05, 0) is 42.6 Å². The van der Waals surface area contributed by atoms with Crippen LogP contribution in [0.1, 0.15) is 11.8 Å². The number of halogens is 1. The van der Waals surface area contributed by atoms with Gasteiger partial charge in [-0.25, -0.2) is 8.42 Å². The summed E-state index contributed by atoms with van der Waals surface area (Å²) >= 11 is 7.32. The largest absolute Gasteiger partial charge is 0.350 e. The molecule has 7 nitrogen and oxygen atoms in total. The zero-order chi connectivity index (χ0) is 20.7. The number of thiophene rings is 1. The lowest BCUT2D eigenvalue weighted by molar-refractivity contribution is -0.135. The van der Waals surface area contributed by atoms with Crippen molar-refractivity contribution in [1.82, 2.24) is 14.5 Å². The number of sulfonamides is 1. The summed E-state index contributed by atoms with van der Waals surface area (Å²) in [5.41, 5.74) is 0. The lowest BCUT2D eigenvalue weighted by atomic mass is 10.4. The van der Waals surface area contributed by atoms with Crippen LogP contribution in [0, 0.1) is 0 Å². The van der Waals surface area contributed by atoms with Gasteiger partial charge < -0.3 is 10.2 Å². The topological polar surface area (TPSA) is 86.8 Å². The zero-order valence-corrected chi connectivity index (χ0v) is 18.0. The molecule has 1 heterocycles. The number of nitrogens with one attached hydrogen (secondary N) is 1. The van der Waals surface area contributed by atoms with Crippen molar-refractivity contribution in [3.8, 4) is 0 Å². The van der Waals surface area contributed by atoms with Crippen LogP contribution in [0.3, 0.4) is 0 Å². The number of nitrogens with zero attached hydrogens (tertiary/aromatic N) is 2. The van der Waals surface area contributed by atoms with Crippen molar-refractivity contribution in [3.05, 3.63) is 51.7 Å². The summed E-state index contributed by atoms with van der Waals surface area (Å²) in [6, 6.07) is 9.51. The van der Waals surface area contributed by atoms with Gasteiger partial charge in [-0.1, -0.05) is 17.7 Å². The van der Waals surface area contributed by atoms with Crippen molar-refractivity contribution < 1.29 is 18.0 Å². The third-order valence-electron chi connectivity index (χ3n) is 3.99. The summed E-state index contributed by atoms with van der Waals surface area (Å²) in [7, 11) is -2.51. The Balaban J connectivity index is 1.94. The first-order chi connectivity index (χ1) is 13.2. The summed E-state index contributed by atoms with van der Waals surface area (Å²) < 4.78 is 26.1. The molecule has 2 amide bonds. The van der Waals surface area contributed by atoms with Crippen LogP contribution in [-0.4, -0.2) is 56.1 Å². The molecule has 0 atom stereocenters. The van der Waals surface area contributed by atoms with E-state index < -0.39 is 15.9 Å². The number of likely N-dealkylation sites (N-methyl/N-ethyl adjacent to an activating group) is 2. The van der Waals surface area contributed by atoms with E-state index in [1.54, 1.807) is 6.92 Å². The Morgan fingerprint density at radius 2 is 1.82 bits per heavy atom. The summed E-state index contributed by atoms with van der Waals surface area (Å²) in [6.07, 6.45) is 0. The van der Waals surface area contributed by atoms with E-state index in [4.69, 9.17) is 11.6 Å². The third-order valence-corrected chi connectivity index (χ3v) is 6.93. The van der Waals surface area contributed by atoms with E-state index in [1.165, 1.54) is 47.5 Å². The molecule has 2 rings (SSSR count). The molecule has 0 saturated heterocycles. The summed E-state index contributed by atoms with van der Waals surface area (Å²) in [6.45, 7) is 1.93. The Labute approximate surface area is 174 Å². The normalized spacial score (nSPS) is 11.4. The first-order valence-corrected chi connectivity index (χ1v) is 11.2. The number of carbonyl (C=O) groups is 2. The van der Waals surface area contributed by atoms with Gasteiger partial charge in [0.1, 0.15) is 0 Å². The minimum Gasteiger partial charge on any atom is -0.350 e. The van der Waals surface area contributed by atoms with Gasteiger partial charge in [0.25, 0.3) is 0 Å². The van der Waals surface area contributed by atoms with Crippen molar-refractivity contribution in [2.45, 2.75) is 18.4 Å². The molecular formula is C18H22ClN3O4S2. The average Bonchev–Trinajstić information content (AvgIpc) is 3.18. The molecule has 0 saturated carbocycles. The highest BCUT2D eigenvalue weighted by Crippen LogP contribution is 2.17. The van der Waals surface area contributed by atoms with Crippen LogP contribution in [0.2, 0.25) is 5.02 Å². The second kappa shape index (κ2) is 10.0. The predicted octanol–water partition coefficient (Wildman–Crippen LogP) is 2.19. The molecule has 0 unspecified atom stereocenters. The fourth-order valence-electron chi connectivity index (χ4n) is 2.37. The molecular weight excluding hydrogens is 422 g/mol. The molecule has 0 fully saturated rings. The Bertz CT molecular complexity index is 899. The van der Waals surface area contributed by atoms with E-state index in [2.05, 4.69) is 5.32 Å². The molecule has 1 aromatic heterocycles. The molecule has 2 aromatic rings. The molecule has 1 N–H and O–H groups in total. The third kappa shape index (κ3) is 6.03. The fourth-order valence-corrected chi connectivity index (χ4v) is 4.26.